The number of fused-ring (bicyclic) bond motifs is 2. The monoisotopic (exact) mass is 733 g/mol. The van der Waals surface area contributed by atoms with Crippen LogP contribution < -0.4 is 10.0 Å². The van der Waals surface area contributed by atoms with Gasteiger partial charge >= 0.3 is 6.18 Å². The fourth-order valence-corrected chi connectivity index (χ4v) is 9.19. The number of aliphatic hydroxyl groups excluding tert-OH is 1. The lowest BCUT2D eigenvalue weighted by atomic mass is 10.0. The van der Waals surface area contributed by atoms with Crippen LogP contribution in [-0.4, -0.2) is 113 Å². The normalized spacial score (nSPS) is 18.2. The van der Waals surface area contributed by atoms with E-state index >= 15 is 0 Å². The molecule has 1 unspecified atom stereocenters. The smallest absolute Gasteiger partial charge is 0.393 e. The zero-order chi connectivity index (χ0) is 35.6. The molecule has 2 aliphatic heterocycles. The van der Waals surface area contributed by atoms with Crippen LogP contribution in [0.1, 0.15) is 41.5 Å². The molecule has 0 spiro atoms. The van der Waals surface area contributed by atoms with E-state index in [1.165, 1.54) is 16.2 Å². The van der Waals surface area contributed by atoms with Crippen LogP contribution in [0.2, 0.25) is 0 Å². The molecule has 3 N–H and O–H groups in total. The molecule has 6 rings (SSSR count). The van der Waals surface area contributed by atoms with Crippen LogP contribution in [0.25, 0.3) is 21.1 Å². The molecule has 2 aliphatic rings. The minimum absolute atomic E-state index is 0.0144. The number of hydrogen-bond acceptors (Lipinski definition) is 10. The van der Waals surface area contributed by atoms with Crippen molar-refractivity contribution >= 4 is 48.5 Å². The van der Waals surface area contributed by atoms with Crippen LogP contribution in [0.5, 0.6) is 0 Å². The second-order valence-corrected chi connectivity index (χ2v) is 16.0. The minimum atomic E-state index is -4.27. The third kappa shape index (κ3) is 8.23. The Balaban J connectivity index is 1.06. The molecule has 0 bridgehead atoms. The second-order valence-electron chi connectivity index (χ2n) is 13.1. The molecule has 1 aromatic carbocycles. The second kappa shape index (κ2) is 15.1. The van der Waals surface area contributed by atoms with Crippen LogP contribution in [-0.2, 0) is 29.7 Å². The molecule has 0 amide bonds. The van der Waals surface area contributed by atoms with Gasteiger partial charge < -0.3 is 15.0 Å². The van der Waals surface area contributed by atoms with Crippen molar-refractivity contribution in [1.29, 1.82) is 5.26 Å². The summed E-state index contributed by atoms with van der Waals surface area (Å²) in [5.41, 5.74) is 3.91. The van der Waals surface area contributed by atoms with Crippen molar-refractivity contribution in [1.82, 2.24) is 33.4 Å². The lowest BCUT2D eigenvalue weighted by Crippen LogP contribution is -2.54. The van der Waals surface area contributed by atoms with Crippen LogP contribution in [0.15, 0.2) is 30.6 Å². The molecule has 1 atom stereocenters. The van der Waals surface area contributed by atoms with Gasteiger partial charge in [-0.1, -0.05) is 6.07 Å². The van der Waals surface area contributed by atoms with Crippen molar-refractivity contribution < 1.29 is 26.7 Å². The van der Waals surface area contributed by atoms with Crippen molar-refractivity contribution in [2.75, 3.05) is 57.7 Å². The van der Waals surface area contributed by atoms with Gasteiger partial charge in [0, 0.05) is 86.8 Å². The van der Waals surface area contributed by atoms with E-state index in [2.05, 4.69) is 66.4 Å². The van der Waals surface area contributed by atoms with Gasteiger partial charge in [-0.15, -0.1) is 11.3 Å². The van der Waals surface area contributed by atoms with Gasteiger partial charge in [0.1, 0.15) is 28.7 Å². The maximum atomic E-state index is 13.0. The highest BCUT2D eigenvalue weighted by molar-refractivity contribution is 7.87. The number of anilines is 1. The average Bonchev–Trinajstić information content (AvgIpc) is 3.66. The first-order chi connectivity index (χ1) is 23.8. The van der Waals surface area contributed by atoms with E-state index in [4.69, 9.17) is 5.11 Å². The number of nitriles is 1. The number of piperidine rings is 1. The molecule has 0 aliphatic carbocycles. The van der Waals surface area contributed by atoms with E-state index in [1.54, 1.807) is 6.07 Å². The summed E-state index contributed by atoms with van der Waals surface area (Å²) < 4.78 is 69.7. The van der Waals surface area contributed by atoms with Crippen molar-refractivity contribution in [3.8, 4) is 6.07 Å². The number of alkyl halides is 3. The van der Waals surface area contributed by atoms with Gasteiger partial charge in [0.25, 0.3) is 10.2 Å². The average molecular weight is 734 g/mol. The summed E-state index contributed by atoms with van der Waals surface area (Å²) in [6.45, 7) is 8.81. The zero-order valence-electron chi connectivity index (χ0n) is 28.1. The Morgan fingerprint density at radius 2 is 1.84 bits per heavy atom. The number of hydrogen-bond donors (Lipinski definition) is 3. The molecule has 2 fully saturated rings. The van der Waals surface area contributed by atoms with Crippen LogP contribution in [0.4, 0.5) is 19.0 Å². The standard InChI is InChI=1S/C33H42F3N9O3S2/c1-22(43-10-12-44(13-11-43)50(47,48)40-7-14-46)19-45-26(18-37)15-28-23(2)24(3-4-30(28)45)20-42-8-5-25(6-9-42)41-31-29-16-27(17-33(34,35)36)49-32(29)39-21-38-31/h3-4,15-16,21-22,25,40,46H,5-14,17,19-20H2,1-2H3,(H,38,39,41). The van der Waals surface area contributed by atoms with E-state index in [1.807, 2.05) is 6.07 Å². The third-order valence-electron chi connectivity index (χ3n) is 9.74. The molecule has 12 nitrogen and oxygen atoms in total. The van der Waals surface area contributed by atoms with Crippen molar-refractivity contribution in [3.63, 3.8) is 0 Å². The topological polar surface area (TPSA) is 143 Å². The maximum absolute atomic E-state index is 13.0. The van der Waals surface area contributed by atoms with Gasteiger partial charge in [0.05, 0.1) is 18.4 Å². The molecule has 0 saturated carbocycles. The van der Waals surface area contributed by atoms with Crippen LogP contribution in [0.3, 0.4) is 0 Å². The summed E-state index contributed by atoms with van der Waals surface area (Å²) in [5.74, 6) is 0.577. The highest BCUT2D eigenvalue weighted by Crippen LogP contribution is 2.33. The van der Waals surface area contributed by atoms with Crippen molar-refractivity contribution in [3.05, 3.63) is 52.3 Å². The number of nitrogens with zero attached hydrogens (tertiary/aromatic N) is 7. The number of nitrogens with one attached hydrogen (secondary N) is 2. The Morgan fingerprint density at radius 1 is 1.10 bits per heavy atom. The highest BCUT2D eigenvalue weighted by Gasteiger charge is 2.31. The molecule has 0 radical (unpaired) electrons. The summed E-state index contributed by atoms with van der Waals surface area (Å²) in [4.78, 5) is 13.9. The summed E-state index contributed by atoms with van der Waals surface area (Å²) in [5, 5.41) is 24.2. The minimum Gasteiger partial charge on any atom is -0.395 e. The molecule has 17 heteroatoms. The quantitative estimate of drug-likeness (QED) is 0.198. The predicted octanol–water partition coefficient (Wildman–Crippen LogP) is 3.84. The largest absolute Gasteiger partial charge is 0.395 e. The van der Waals surface area contributed by atoms with Crippen molar-refractivity contribution in [2.45, 2.75) is 64.5 Å². The Bertz CT molecular complexity index is 1960. The summed E-state index contributed by atoms with van der Waals surface area (Å²) >= 11 is 1.05. The molecule has 2 saturated heterocycles. The molecule has 3 aromatic heterocycles. The molecule has 270 valence electrons. The first-order valence-electron chi connectivity index (χ1n) is 16.8. The van der Waals surface area contributed by atoms with E-state index in [0.29, 0.717) is 54.5 Å². The van der Waals surface area contributed by atoms with Gasteiger partial charge in [-0.2, -0.15) is 35.9 Å². The Labute approximate surface area is 293 Å². The lowest BCUT2D eigenvalue weighted by molar-refractivity contribution is -0.126. The zero-order valence-corrected chi connectivity index (χ0v) is 29.7. The highest BCUT2D eigenvalue weighted by atomic mass is 32.2. The number of piperazine rings is 1. The van der Waals surface area contributed by atoms with E-state index in [-0.39, 0.29) is 30.1 Å². The molecular weight excluding hydrogens is 692 g/mol. The number of benzene rings is 1. The number of thiophene rings is 1. The molecule has 5 heterocycles. The van der Waals surface area contributed by atoms with Crippen molar-refractivity contribution in [2.24, 2.45) is 0 Å². The summed E-state index contributed by atoms with van der Waals surface area (Å²) in [7, 11) is -3.62. The van der Waals surface area contributed by atoms with Crippen LogP contribution in [0, 0.1) is 18.3 Å². The molecular formula is C33H42F3N9O3S2. The maximum Gasteiger partial charge on any atom is 0.393 e. The Morgan fingerprint density at radius 3 is 2.52 bits per heavy atom. The van der Waals surface area contributed by atoms with Gasteiger partial charge in [-0.3, -0.25) is 9.80 Å². The van der Waals surface area contributed by atoms with Gasteiger partial charge in [-0.05, 0) is 56.0 Å². The van der Waals surface area contributed by atoms with E-state index in [9.17, 15) is 26.9 Å². The van der Waals surface area contributed by atoms with E-state index in [0.717, 1.165) is 60.3 Å². The first kappa shape index (κ1) is 36.4. The first-order valence-corrected chi connectivity index (χ1v) is 19.0. The molecule has 4 aromatic rings. The van der Waals surface area contributed by atoms with E-state index < -0.39 is 22.8 Å². The number of aliphatic hydroxyl groups is 1. The molecule has 50 heavy (non-hydrogen) atoms. The van der Waals surface area contributed by atoms with Crippen LogP contribution >= 0.6 is 11.3 Å². The van der Waals surface area contributed by atoms with Gasteiger partial charge in [-0.25, -0.2) is 9.97 Å². The third-order valence-corrected chi connectivity index (χ3v) is 12.4. The number of aromatic nitrogens is 3. The van der Waals surface area contributed by atoms with Gasteiger partial charge in [0.2, 0.25) is 0 Å². The number of rotatable bonds is 12. The summed E-state index contributed by atoms with van der Waals surface area (Å²) in [6, 6.07) is 10.3. The number of likely N-dealkylation sites (tertiary alicyclic amines) is 1. The predicted molar refractivity (Wildman–Crippen MR) is 187 cm³/mol. The SMILES string of the molecule is Cc1c(CN2CCC(Nc3ncnc4sc(CC(F)(F)F)cc34)CC2)ccc2c1cc(C#N)n2CC(C)N1CCN(S(=O)(=O)NCCO)CC1. The number of aryl methyl sites for hydroxylation is 1. The van der Waals surface area contributed by atoms with Gasteiger partial charge in [0.15, 0.2) is 0 Å². The summed E-state index contributed by atoms with van der Waals surface area (Å²) in [6.07, 6.45) is -2.13. The Kier molecular flexibility index (Phi) is 11.0. The fraction of sp³-hybridized carbons (Fsp3) is 0.545. The number of halogens is 3. The lowest BCUT2D eigenvalue weighted by Gasteiger charge is -2.37. The fourth-order valence-electron chi connectivity index (χ4n) is 6.99. The Hall–Kier alpha value is -3.37.